The molecular weight excluding hydrogens is 342 g/mol. The third-order valence-electron chi connectivity index (χ3n) is 5.01. The number of oxime groups is 1. The summed E-state index contributed by atoms with van der Waals surface area (Å²) in [5.74, 6) is -2.31. The van der Waals surface area contributed by atoms with E-state index in [1.54, 1.807) is 15.8 Å². The molecular formula is C17H20F2N6O. The second-order valence-electron chi connectivity index (χ2n) is 7.07. The molecule has 0 aromatic carbocycles. The summed E-state index contributed by atoms with van der Waals surface area (Å²) in [5, 5.41) is 24.9. The van der Waals surface area contributed by atoms with Gasteiger partial charge in [0.25, 0.3) is 5.92 Å². The van der Waals surface area contributed by atoms with Crippen molar-refractivity contribution in [2.45, 2.75) is 44.6 Å². The van der Waals surface area contributed by atoms with Crippen LogP contribution < -0.4 is 4.90 Å². The lowest BCUT2D eigenvalue weighted by Gasteiger charge is -2.20. The largest absolute Gasteiger partial charge is 0.411 e. The molecule has 0 spiro atoms. The number of halogens is 2. The maximum absolute atomic E-state index is 13.7. The fourth-order valence-electron chi connectivity index (χ4n) is 3.28. The second-order valence-corrected chi connectivity index (χ2v) is 7.07. The lowest BCUT2D eigenvalue weighted by Crippen LogP contribution is -2.25. The molecule has 0 unspecified atom stereocenters. The van der Waals surface area contributed by atoms with E-state index in [0.29, 0.717) is 23.5 Å². The van der Waals surface area contributed by atoms with Crippen LogP contribution in [0, 0.1) is 5.41 Å². The van der Waals surface area contributed by atoms with Crippen LogP contribution in [-0.4, -0.2) is 50.4 Å². The molecule has 1 aliphatic heterocycles. The van der Waals surface area contributed by atoms with E-state index in [1.165, 1.54) is 6.92 Å². The molecule has 2 N–H and O–H groups in total. The SMILES string of the molecule is C/C(=N\O)C(=N)Cn1ncc2c(N3CCC(F)(F)C3)cc(C3CC3)nc21. The average Bonchev–Trinajstić information content (AvgIpc) is 3.30. The molecule has 3 heterocycles. The Bertz CT molecular complexity index is 902. The predicted molar refractivity (Wildman–Crippen MR) is 93.9 cm³/mol. The Morgan fingerprint density at radius 2 is 2.23 bits per heavy atom. The first-order valence-corrected chi connectivity index (χ1v) is 8.63. The van der Waals surface area contributed by atoms with Gasteiger partial charge in [0, 0.05) is 24.6 Å². The summed E-state index contributed by atoms with van der Waals surface area (Å²) in [7, 11) is 0. The van der Waals surface area contributed by atoms with Gasteiger partial charge in [-0.3, -0.25) is 0 Å². The smallest absolute Gasteiger partial charge is 0.266 e. The van der Waals surface area contributed by atoms with Gasteiger partial charge < -0.3 is 15.5 Å². The van der Waals surface area contributed by atoms with Gasteiger partial charge in [-0.25, -0.2) is 18.4 Å². The van der Waals surface area contributed by atoms with Crippen molar-refractivity contribution in [1.29, 1.82) is 5.41 Å². The third-order valence-corrected chi connectivity index (χ3v) is 5.01. The molecule has 0 radical (unpaired) electrons. The monoisotopic (exact) mass is 362 g/mol. The summed E-state index contributed by atoms with van der Waals surface area (Å²) in [6, 6.07) is 1.92. The molecule has 1 saturated heterocycles. The fourth-order valence-corrected chi connectivity index (χ4v) is 3.28. The number of pyridine rings is 1. The molecule has 1 saturated carbocycles. The first kappa shape index (κ1) is 16.9. The van der Waals surface area contributed by atoms with Crippen molar-refractivity contribution >= 4 is 28.1 Å². The van der Waals surface area contributed by atoms with Gasteiger partial charge in [-0.05, 0) is 25.8 Å². The zero-order valence-corrected chi connectivity index (χ0v) is 14.4. The van der Waals surface area contributed by atoms with Crippen molar-refractivity contribution in [3.8, 4) is 0 Å². The lowest BCUT2D eigenvalue weighted by molar-refractivity contribution is 0.0257. The molecule has 1 aliphatic carbocycles. The van der Waals surface area contributed by atoms with Gasteiger partial charge in [-0.2, -0.15) is 5.10 Å². The molecule has 0 bridgehead atoms. The van der Waals surface area contributed by atoms with E-state index in [0.717, 1.165) is 24.2 Å². The third kappa shape index (κ3) is 3.02. The Kier molecular flexibility index (Phi) is 3.89. The van der Waals surface area contributed by atoms with Crippen molar-refractivity contribution in [3.05, 3.63) is 18.0 Å². The first-order chi connectivity index (χ1) is 12.4. The highest BCUT2D eigenvalue weighted by atomic mass is 19.3. The highest BCUT2D eigenvalue weighted by molar-refractivity contribution is 6.40. The van der Waals surface area contributed by atoms with Gasteiger partial charge in [0.2, 0.25) is 0 Å². The Balaban J connectivity index is 1.76. The van der Waals surface area contributed by atoms with Crippen LogP contribution in [-0.2, 0) is 6.54 Å². The van der Waals surface area contributed by atoms with Crippen molar-refractivity contribution < 1.29 is 14.0 Å². The lowest BCUT2D eigenvalue weighted by atomic mass is 10.2. The fraction of sp³-hybridized carbons (Fsp3) is 0.529. The van der Waals surface area contributed by atoms with Gasteiger partial charge in [-0.15, -0.1) is 0 Å². The number of rotatable bonds is 5. The Labute approximate surface area is 148 Å². The van der Waals surface area contributed by atoms with E-state index >= 15 is 0 Å². The molecule has 0 amide bonds. The zero-order chi connectivity index (χ0) is 18.5. The summed E-state index contributed by atoms with van der Waals surface area (Å²) >= 11 is 0. The molecule has 138 valence electrons. The van der Waals surface area contributed by atoms with E-state index in [2.05, 4.69) is 10.3 Å². The second kappa shape index (κ2) is 6.00. The van der Waals surface area contributed by atoms with Crippen LogP contribution in [0.2, 0.25) is 0 Å². The first-order valence-electron chi connectivity index (χ1n) is 8.63. The number of alkyl halides is 2. The number of hydrogen-bond donors (Lipinski definition) is 2. The number of anilines is 1. The van der Waals surface area contributed by atoms with Gasteiger partial charge in [0.1, 0.15) is 0 Å². The topological polar surface area (TPSA) is 90.4 Å². The van der Waals surface area contributed by atoms with E-state index in [-0.39, 0.29) is 30.9 Å². The van der Waals surface area contributed by atoms with Crippen LogP contribution in [0.25, 0.3) is 11.0 Å². The van der Waals surface area contributed by atoms with Crippen LogP contribution >= 0.6 is 0 Å². The van der Waals surface area contributed by atoms with Crippen LogP contribution in [0.5, 0.6) is 0 Å². The van der Waals surface area contributed by atoms with E-state index in [9.17, 15) is 8.78 Å². The maximum atomic E-state index is 13.7. The van der Waals surface area contributed by atoms with Crippen molar-refractivity contribution in [1.82, 2.24) is 14.8 Å². The number of aromatic nitrogens is 3. The Morgan fingerprint density at radius 3 is 2.85 bits per heavy atom. The van der Waals surface area contributed by atoms with Crippen LogP contribution in [0.15, 0.2) is 17.4 Å². The highest BCUT2D eigenvalue weighted by Crippen LogP contribution is 2.43. The predicted octanol–water partition coefficient (Wildman–Crippen LogP) is 3.02. The average molecular weight is 362 g/mol. The minimum absolute atomic E-state index is 0.107. The summed E-state index contributed by atoms with van der Waals surface area (Å²) in [4.78, 5) is 6.39. The Morgan fingerprint density at radius 1 is 1.46 bits per heavy atom. The highest BCUT2D eigenvalue weighted by Gasteiger charge is 2.39. The minimum Gasteiger partial charge on any atom is -0.411 e. The maximum Gasteiger partial charge on any atom is 0.266 e. The van der Waals surface area contributed by atoms with Gasteiger partial charge in [0.15, 0.2) is 5.65 Å². The van der Waals surface area contributed by atoms with Gasteiger partial charge >= 0.3 is 0 Å². The van der Waals surface area contributed by atoms with E-state index < -0.39 is 5.92 Å². The minimum atomic E-state index is -2.68. The molecule has 2 aromatic rings. The summed E-state index contributed by atoms with van der Waals surface area (Å²) in [5.41, 5.74) is 2.52. The molecule has 0 atom stereocenters. The molecule has 2 aromatic heterocycles. The van der Waals surface area contributed by atoms with Crippen molar-refractivity contribution in [2.24, 2.45) is 5.16 Å². The van der Waals surface area contributed by atoms with Crippen molar-refractivity contribution in [3.63, 3.8) is 0 Å². The molecule has 7 nitrogen and oxygen atoms in total. The summed E-state index contributed by atoms with van der Waals surface area (Å²) in [6.07, 6.45) is 3.56. The van der Waals surface area contributed by atoms with E-state index in [1.807, 2.05) is 6.07 Å². The quantitative estimate of drug-likeness (QED) is 0.486. The molecule has 2 aliphatic rings. The van der Waals surface area contributed by atoms with Crippen LogP contribution in [0.4, 0.5) is 14.5 Å². The molecule has 4 rings (SSSR count). The molecule has 26 heavy (non-hydrogen) atoms. The van der Waals surface area contributed by atoms with Gasteiger partial charge in [0.05, 0.1) is 41.8 Å². The number of fused-ring (bicyclic) bond motifs is 1. The van der Waals surface area contributed by atoms with Gasteiger partial charge in [-0.1, -0.05) is 5.16 Å². The molecule has 2 fully saturated rings. The van der Waals surface area contributed by atoms with Crippen LogP contribution in [0.1, 0.15) is 37.8 Å². The van der Waals surface area contributed by atoms with E-state index in [4.69, 9.17) is 15.6 Å². The molecule has 9 heteroatoms. The summed E-state index contributed by atoms with van der Waals surface area (Å²) in [6.45, 7) is 1.64. The zero-order valence-electron chi connectivity index (χ0n) is 14.4. The summed E-state index contributed by atoms with van der Waals surface area (Å²) < 4.78 is 29.0. The van der Waals surface area contributed by atoms with Crippen LogP contribution in [0.3, 0.4) is 0 Å². The van der Waals surface area contributed by atoms with Crippen molar-refractivity contribution in [2.75, 3.05) is 18.0 Å². The standard InChI is InChI=1S/C17H20F2N6O/c1-10(23-26)13(20)8-25-16-12(7-21-25)15(6-14(22-16)11-2-3-11)24-5-4-17(18,19)9-24/h6-7,11,20,26H,2-5,8-9H2,1H3/b20-13?,23-10+. The number of hydrogen-bond acceptors (Lipinski definition) is 6. The number of nitrogens with one attached hydrogen (secondary N) is 1. The number of nitrogens with zero attached hydrogens (tertiary/aromatic N) is 5. The Hall–Kier alpha value is -2.58. The normalized spacial score (nSPS) is 20.1.